The first-order valence-corrected chi connectivity index (χ1v) is 5.75. The molecule has 1 saturated carbocycles. The van der Waals surface area contributed by atoms with Crippen LogP contribution in [-0.4, -0.2) is 0 Å². The second kappa shape index (κ2) is 5.03. The third-order valence-electron chi connectivity index (χ3n) is 3.94. The van der Waals surface area contributed by atoms with Crippen LogP contribution in [-0.2, 0) is 6.42 Å². The van der Waals surface area contributed by atoms with E-state index in [1.54, 1.807) is 0 Å². The van der Waals surface area contributed by atoms with Crippen molar-refractivity contribution >= 4 is 12.4 Å². The Morgan fingerprint density at radius 2 is 1.80 bits per heavy atom. The van der Waals surface area contributed by atoms with Crippen molar-refractivity contribution in [1.29, 1.82) is 0 Å². The predicted molar refractivity (Wildman–Crippen MR) is 68.5 cm³/mol. The topological polar surface area (TPSA) is 0 Å². The molecule has 0 radical (unpaired) electrons. The van der Waals surface area contributed by atoms with E-state index in [0.29, 0.717) is 5.41 Å². The molecule has 0 aliphatic heterocycles. The first-order chi connectivity index (χ1) is 6.71. The van der Waals surface area contributed by atoms with Crippen LogP contribution in [0.2, 0.25) is 0 Å². The van der Waals surface area contributed by atoms with Crippen molar-refractivity contribution in [2.24, 2.45) is 11.3 Å². The molecule has 0 saturated heterocycles. The van der Waals surface area contributed by atoms with Crippen molar-refractivity contribution in [2.45, 2.75) is 39.5 Å². The highest BCUT2D eigenvalue weighted by Crippen LogP contribution is 2.52. The molecule has 0 aromatic heterocycles. The quantitative estimate of drug-likeness (QED) is 0.708. The molecule has 0 heterocycles. The second-order valence-electron chi connectivity index (χ2n) is 5.08. The Morgan fingerprint density at radius 1 is 1.20 bits per heavy atom. The molecule has 0 nitrogen and oxygen atoms in total. The maximum absolute atomic E-state index is 2.43. The van der Waals surface area contributed by atoms with Crippen LogP contribution in [0.1, 0.15) is 38.7 Å². The zero-order chi connectivity index (χ0) is 10.0. The van der Waals surface area contributed by atoms with Crippen molar-refractivity contribution in [1.82, 2.24) is 0 Å². The Balaban J connectivity index is 0.00000112. The highest BCUT2D eigenvalue weighted by Gasteiger charge is 2.41. The third-order valence-corrected chi connectivity index (χ3v) is 3.94. The van der Waals surface area contributed by atoms with Gasteiger partial charge in [-0.3, -0.25) is 0 Å². The van der Waals surface area contributed by atoms with Gasteiger partial charge in [-0.05, 0) is 42.6 Å². The van der Waals surface area contributed by atoms with Gasteiger partial charge in [-0.25, -0.2) is 0 Å². The van der Waals surface area contributed by atoms with E-state index in [1.165, 1.54) is 31.2 Å². The van der Waals surface area contributed by atoms with Gasteiger partial charge in [0.2, 0.25) is 0 Å². The molecule has 2 rings (SSSR count). The van der Waals surface area contributed by atoms with Crippen LogP contribution in [0.4, 0.5) is 0 Å². The molecule has 1 aliphatic rings. The van der Waals surface area contributed by atoms with Gasteiger partial charge in [0.15, 0.2) is 0 Å². The number of rotatable bonds is 4. The maximum atomic E-state index is 2.43. The minimum atomic E-state index is 0. The van der Waals surface area contributed by atoms with Crippen molar-refractivity contribution < 1.29 is 0 Å². The summed E-state index contributed by atoms with van der Waals surface area (Å²) < 4.78 is 0. The van der Waals surface area contributed by atoms with E-state index in [0.717, 1.165) is 5.92 Å². The summed E-state index contributed by atoms with van der Waals surface area (Å²) in [5.41, 5.74) is 2.18. The van der Waals surface area contributed by atoms with Crippen LogP contribution in [0, 0.1) is 11.3 Å². The summed E-state index contributed by atoms with van der Waals surface area (Å²) in [7, 11) is 0. The monoisotopic (exact) mass is 224 g/mol. The lowest BCUT2D eigenvalue weighted by Gasteiger charge is -2.18. The molecule has 84 valence electrons. The van der Waals surface area contributed by atoms with Gasteiger partial charge in [-0.1, -0.05) is 44.2 Å². The van der Waals surface area contributed by atoms with Crippen molar-refractivity contribution in [3.05, 3.63) is 35.9 Å². The van der Waals surface area contributed by atoms with Gasteiger partial charge >= 0.3 is 0 Å². The number of benzene rings is 1. The van der Waals surface area contributed by atoms with Crippen LogP contribution < -0.4 is 0 Å². The minimum Gasteiger partial charge on any atom is -0.147 e. The largest absolute Gasteiger partial charge is 0.147 e. The highest BCUT2D eigenvalue weighted by molar-refractivity contribution is 5.85. The van der Waals surface area contributed by atoms with Gasteiger partial charge in [0.25, 0.3) is 0 Å². The molecule has 1 aromatic carbocycles. The van der Waals surface area contributed by atoms with Gasteiger partial charge in [-0.2, -0.15) is 0 Å². The maximum Gasteiger partial charge on any atom is -0.0276 e. The van der Waals surface area contributed by atoms with Gasteiger partial charge in [0, 0.05) is 0 Å². The molecule has 15 heavy (non-hydrogen) atoms. The average molecular weight is 225 g/mol. The molecule has 1 aliphatic carbocycles. The predicted octanol–water partition coefficient (Wildman–Crippen LogP) is 4.48. The van der Waals surface area contributed by atoms with Crippen molar-refractivity contribution in [3.8, 4) is 0 Å². The van der Waals surface area contributed by atoms with Gasteiger partial charge in [-0.15, -0.1) is 12.4 Å². The SMILES string of the molecule is CC(CCc1ccccc1)C1(C)CC1.Cl. The number of hydrogen-bond acceptors (Lipinski definition) is 0. The first kappa shape index (κ1) is 12.6. The molecular weight excluding hydrogens is 204 g/mol. The number of hydrogen-bond donors (Lipinski definition) is 0. The lowest BCUT2D eigenvalue weighted by molar-refractivity contribution is 0.342. The van der Waals surface area contributed by atoms with Gasteiger partial charge in [0.1, 0.15) is 0 Å². The fourth-order valence-corrected chi connectivity index (χ4v) is 2.07. The molecule has 0 bridgehead atoms. The van der Waals surface area contributed by atoms with Crippen LogP contribution in [0.15, 0.2) is 30.3 Å². The Hall–Kier alpha value is -0.490. The molecule has 1 aromatic rings. The van der Waals surface area contributed by atoms with Crippen LogP contribution in [0.25, 0.3) is 0 Å². The molecule has 0 amide bonds. The average Bonchev–Trinajstić information content (AvgIpc) is 2.96. The molecule has 1 unspecified atom stereocenters. The van der Waals surface area contributed by atoms with Crippen molar-refractivity contribution in [3.63, 3.8) is 0 Å². The summed E-state index contributed by atoms with van der Waals surface area (Å²) >= 11 is 0. The zero-order valence-corrected chi connectivity index (χ0v) is 10.5. The van der Waals surface area contributed by atoms with Gasteiger partial charge in [0.05, 0.1) is 0 Å². The molecule has 0 N–H and O–H groups in total. The summed E-state index contributed by atoms with van der Waals surface area (Å²) in [6.07, 6.45) is 5.49. The summed E-state index contributed by atoms with van der Waals surface area (Å²) in [6, 6.07) is 10.8. The van der Waals surface area contributed by atoms with Crippen LogP contribution in [0.3, 0.4) is 0 Å². The minimum absolute atomic E-state index is 0. The molecule has 1 fully saturated rings. The van der Waals surface area contributed by atoms with E-state index in [1.807, 2.05) is 0 Å². The molecule has 0 spiro atoms. The van der Waals surface area contributed by atoms with E-state index < -0.39 is 0 Å². The summed E-state index contributed by atoms with van der Waals surface area (Å²) in [4.78, 5) is 0. The fourth-order valence-electron chi connectivity index (χ4n) is 2.07. The van der Waals surface area contributed by atoms with E-state index in [-0.39, 0.29) is 12.4 Å². The Morgan fingerprint density at radius 3 is 2.33 bits per heavy atom. The third kappa shape index (κ3) is 3.24. The van der Waals surface area contributed by atoms with E-state index >= 15 is 0 Å². The first-order valence-electron chi connectivity index (χ1n) is 5.75. The fraction of sp³-hybridized carbons (Fsp3) is 0.571. The summed E-state index contributed by atoms with van der Waals surface area (Å²) in [5.74, 6) is 0.891. The summed E-state index contributed by atoms with van der Waals surface area (Å²) in [5, 5.41) is 0. The molecule has 1 atom stereocenters. The molecular formula is C14H21Cl. The van der Waals surface area contributed by atoms with Crippen molar-refractivity contribution in [2.75, 3.05) is 0 Å². The normalized spacial score (nSPS) is 19.1. The standard InChI is InChI=1S/C14H20.ClH/c1-12(14(2)10-11-14)8-9-13-6-4-3-5-7-13;/h3-7,12H,8-11H2,1-2H3;1H. The van der Waals surface area contributed by atoms with Crippen LogP contribution >= 0.6 is 12.4 Å². The smallest absolute Gasteiger partial charge is 0.0276 e. The summed E-state index contributed by atoms with van der Waals surface area (Å²) in [6.45, 7) is 4.85. The number of halogens is 1. The van der Waals surface area contributed by atoms with E-state index in [4.69, 9.17) is 0 Å². The van der Waals surface area contributed by atoms with E-state index in [2.05, 4.69) is 44.2 Å². The number of aryl methyl sites for hydroxylation is 1. The lowest BCUT2D eigenvalue weighted by atomic mass is 9.87. The lowest BCUT2D eigenvalue weighted by Crippen LogP contribution is -2.09. The van der Waals surface area contributed by atoms with Crippen LogP contribution in [0.5, 0.6) is 0 Å². The Bertz CT molecular complexity index is 287. The highest BCUT2D eigenvalue weighted by atomic mass is 35.5. The molecule has 1 heteroatoms. The zero-order valence-electron chi connectivity index (χ0n) is 9.70. The second-order valence-corrected chi connectivity index (χ2v) is 5.08. The van der Waals surface area contributed by atoms with Gasteiger partial charge < -0.3 is 0 Å². The Labute approximate surface area is 99.5 Å². The Kier molecular flexibility index (Phi) is 4.21. The van der Waals surface area contributed by atoms with E-state index in [9.17, 15) is 0 Å².